The maximum absolute atomic E-state index is 11.3. The van der Waals surface area contributed by atoms with Crippen molar-refractivity contribution >= 4 is 27.2 Å². The molecule has 104 valence electrons. The molecule has 0 aromatic carbocycles. The van der Waals surface area contributed by atoms with Crippen LogP contribution < -0.4 is 11.1 Å². The van der Waals surface area contributed by atoms with E-state index in [1.165, 1.54) is 12.1 Å². The van der Waals surface area contributed by atoms with E-state index in [1.54, 1.807) is 0 Å². The Morgan fingerprint density at radius 1 is 1.53 bits per heavy atom. The Morgan fingerprint density at radius 3 is 2.79 bits per heavy atom. The summed E-state index contributed by atoms with van der Waals surface area (Å²) in [5, 5.41) is 13.5. The SMILES string of the molecule is Nc1nc(NCC2CCS(=O)(=O)C2)ccc1[N+](=O)[O-]. The standard InChI is InChI=1S/C10H14N4O4S/c11-10-8(14(15)16)1-2-9(13-10)12-5-7-3-4-19(17,18)6-7/h1-2,7H,3-6H2,(H3,11,12,13). The van der Waals surface area contributed by atoms with E-state index < -0.39 is 14.8 Å². The average molecular weight is 286 g/mol. The number of nitro groups is 1. The second-order valence-corrected chi connectivity index (χ2v) is 6.74. The van der Waals surface area contributed by atoms with Gasteiger partial charge in [-0.05, 0) is 18.4 Å². The molecule has 1 aromatic rings. The number of hydrogen-bond acceptors (Lipinski definition) is 7. The Hall–Kier alpha value is -1.90. The predicted octanol–water partition coefficient (Wildman–Crippen LogP) is 0.419. The zero-order valence-corrected chi connectivity index (χ0v) is 10.9. The Labute approximate surface area is 110 Å². The van der Waals surface area contributed by atoms with Crippen LogP contribution in [0, 0.1) is 16.0 Å². The van der Waals surface area contributed by atoms with Gasteiger partial charge in [-0.3, -0.25) is 10.1 Å². The lowest BCUT2D eigenvalue weighted by molar-refractivity contribution is -0.384. The van der Waals surface area contributed by atoms with Gasteiger partial charge in [-0.15, -0.1) is 0 Å². The highest BCUT2D eigenvalue weighted by atomic mass is 32.2. The molecule has 1 aromatic heterocycles. The number of anilines is 2. The topological polar surface area (TPSA) is 128 Å². The fourth-order valence-corrected chi connectivity index (χ4v) is 3.86. The van der Waals surface area contributed by atoms with Gasteiger partial charge >= 0.3 is 5.69 Å². The highest BCUT2D eigenvalue weighted by Gasteiger charge is 2.27. The molecule has 1 aliphatic heterocycles. The van der Waals surface area contributed by atoms with E-state index in [0.717, 1.165) is 0 Å². The zero-order valence-electron chi connectivity index (χ0n) is 10.1. The minimum Gasteiger partial charge on any atom is -0.378 e. The number of nitrogens with zero attached hydrogens (tertiary/aromatic N) is 2. The molecule has 8 nitrogen and oxygen atoms in total. The van der Waals surface area contributed by atoms with Crippen molar-refractivity contribution in [1.82, 2.24) is 4.98 Å². The Morgan fingerprint density at radius 2 is 2.26 bits per heavy atom. The van der Waals surface area contributed by atoms with Crippen molar-refractivity contribution in [3.63, 3.8) is 0 Å². The van der Waals surface area contributed by atoms with Crippen molar-refractivity contribution in [3.8, 4) is 0 Å². The Kier molecular flexibility index (Phi) is 3.56. The highest BCUT2D eigenvalue weighted by molar-refractivity contribution is 7.91. The molecule has 1 atom stereocenters. The molecule has 1 fully saturated rings. The molecule has 3 N–H and O–H groups in total. The van der Waals surface area contributed by atoms with E-state index in [9.17, 15) is 18.5 Å². The highest BCUT2D eigenvalue weighted by Crippen LogP contribution is 2.22. The number of nitrogen functional groups attached to an aromatic ring is 1. The second-order valence-electron chi connectivity index (χ2n) is 4.51. The zero-order chi connectivity index (χ0) is 14.0. The summed E-state index contributed by atoms with van der Waals surface area (Å²) >= 11 is 0. The van der Waals surface area contributed by atoms with Gasteiger partial charge in [0.05, 0.1) is 16.4 Å². The molecule has 0 aliphatic carbocycles. The smallest absolute Gasteiger partial charge is 0.311 e. The molecule has 19 heavy (non-hydrogen) atoms. The molecule has 0 saturated carbocycles. The minimum atomic E-state index is -2.90. The van der Waals surface area contributed by atoms with Gasteiger partial charge in [0, 0.05) is 12.6 Å². The molecule has 0 amide bonds. The predicted molar refractivity (Wildman–Crippen MR) is 70.6 cm³/mol. The van der Waals surface area contributed by atoms with Gasteiger partial charge in [-0.25, -0.2) is 13.4 Å². The molecule has 9 heteroatoms. The first-order chi connectivity index (χ1) is 8.87. The van der Waals surface area contributed by atoms with E-state index in [0.29, 0.717) is 18.8 Å². The molecule has 0 radical (unpaired) electrons. The summed E-state index contributed by atoms with van der Waals surface area (Å²) in [6.45, 7) is 0.462. The van der Waals surface area contributed by atoms with E-state index in [-0.39, 0.29) is 28.9 Å². The molecule has 1 saturated heterocycles. The van der Waals surface area contributed by atoms with Crippen molar-refractivity contribution in [3.05, 3.63) is 22.2 Å². The van der Waals surface area contributed by atoms with Crippen LogP contribution in [0.1, 0.15) is 6.42 Å². The largest absolute Gasteiger partial charge is 0.378 e. The number of aromatic nitrogens is 1. The number of nitrogens with one attached hydrogen (secondary N) is 1. The van der Waals surface area contributed by atoms with Gasteiger partial charge < -0.3 is 11.1 Å². The number of hydrogen-bond donors (Lipinski definition) is 2. The summed E-state index contributed by atoms with van der Waals surface area (Å²) < 4.78 is 22.6. The molecule has 0 spiro atoms. The van der Waals surface area contributed by atoms with Crippen LogP contribution in [-0.2, 0) is 9.84 Å². The fraction of sp³-hybridized carbons (Fsp3) is 0.500. The van der Waals surface area contributed by atoms with E-state index in [4.69, 9.17) is 5.73 Å². The van der Waals surface area contributed by atoms with Crippen molar-refractivity contribution in [1.29, 1.82) is 0 Å². The molecule has 2 heterocycles. The minimum absolute atomic E-state index is 0.0446. The van der Waals surface area contributed by atoms with Gasteiger partial charge in [-0.1, -0.05) is 0 Å². The maximum atomic E-state index is 11.3. The molecule has 0 bridgehead atoms. The molecular formula is C10H14N4O4S. The number of pyridine rings is 1. The lowest BCUT2D eigenvalue weighted by Crippen LogP contribution is -2.16. The molecule has 1 aliphatic rings. The third-order valence-electron chi connectivity index (χ3n) is 3.00. The normalized spacial score (nSPS) is 21.2. The van der Waals surface area contributed by atoms with Crippen LogP contribution >= 0.6 is 0 Å². The van der Waals surface area contributed by atoms with Gasteiger partial charge in [0.2, 0.25) is 5.82 Å². The van der Waals surface area contributed by atoms with Gasteiger partial charge in [-0.2, -0.15) is 0 Å². The van der Waals surface area contributed by atoms with Crippen LogP contribution in [0.2, 0.25) is 0 Å². The van der Waals surface area contributed by atoms with Crippen molar-refractivity contribution in [2.24, 2.45) is 5.92 Å². The van der Waals surface area contributed by atoms with Gasteiger partial charge in [0.1, 0.15) is 5.82 Å². The van der Waals surface area contributed by atoms with Crippen LogP contribution in [0.25, 0.3) is 0 Å². The lowest BCUT2D eigenvalue weighted by Gasteiger charge is -2.10. The molecule has 2 rings (SSSR count). The van der Waals surface area contributed by atoms with Gasteiger partial charge in [0.15, 0.2) is 9.84 Å². The summed E-state index contributed by atoms with van der Waals surface area (Å²) in [7, 11) is -2.90. The van der Waals surface area contributed by atoms with E-state index in [1.807, 2.05) is 0 Å². The lowest BCUT2D eigenvalue weighted by atomic mass is 10.1. The monoisotopic (exact) mass is 286 g/mol. The summed E-state index contributed by atoms with van der Waals surface area (Å²) in [6, 6.07) is 2.73. The first-order valence-electron chi connectivity index (χ1n) is 5.72. The average Bonchev–Trinajstić information content (AvgIpc) is 2.66. The third kappa shape index (κ3) is 3.31. The third-order valence-corrected chi connectivity index (χ3v) is 4.83. The van der Waals surface area contributed by atoms with Crippen LogP contribution in [0.3, 0.4) is 0 Å². The van der Waals surface area contributed by atoms with E-state index in [2.05, 4.69) is 10.3 Å². The maximum Gasteiger partial charge on any atom is 0.311 e. The number of rotatable bonds is 4. The summed E-state index contributed by atoms with van der Waals surface area (Å²) in [5.41, 5.74) is 5.22. The summed E-state index contributed by atoms with van der Waals surface area (Å²) in [4.78, 5) is 13.8. The van der Waals surface area contributed by atoms with Crippen LogP contribution in [-0.4, -0.2) is 36.4 Å². The fourth-order valence-electron chi connectivity index (χ4n) is 2.00. The Balaban J connectivity index is 1.97. The van der Waals surface area contributed by atoms with E-state index >= 15 is 0 Å². The van der Waals surface area contributed by atoms with Gasteiger partial charge in [0.25, 0.3) is 0 Å². The number of sulfone groups is 1. The first kappa shape index (κ1) is 13.5. The van der Waals surface area contributed by atoms with Crippen molar-refractivity contribution in [2.45, 2.75) is 6.42 Å². The summed E-state index contributed by atoms with van der Waals surface area (Å²) in [6.07, 6.45) is 0.623. The van der Waals surface area contributed by atoms with Crippen LogP contribution in [0.4, 0.5) is 17.3 Å². The van der Waals surface area contributed by atoms with Crippen LogP contribution in [0.15, 0.2) is 12.1 Å². The first-order valence-corrected chi connectivity index (χ1v) is 7.55. The van der Waals surface area contributed by atoms with Crippen LogP contribution in [0.5, 0.6) is 0 Å². The van der Waals surface area contributed by atoms with Crippen molar-refractivity contribution in [2.75, 3.05) is 29.1 Å². The second kappa shape index (κ2) is 5.00. The number of nitrogens with two attached hydrogens (primary N) is 1. The summed E-state index contributed by atoms with van der Waals surface area (Å²) in [5.74, 6) is 0.683. The van der Waals surface area contributed by atoms with Crippen molar-refractivity contribution < 1.29 is 13.3 Å². The quantitative estimate of drug-likeness (QED) is 0.606. The Bertz CT molecular complexity index is 602. The molecular weight excluding hydrogens is 272 g/mol. The molecule has 1 unspecified atom stereocenters.